The second-order valence-corrected chi connectivity index (χ2v) is 4.71. The van der Waals surface area contributed by atoms with E-state index in [1.54, 1.807) is 10.7 Å². The standard InChI is InChI=1S/C11H15BrN2O3/c12-10-7-9(8-15)14(13-10)4-6-17-11-3-1-2-5-16-11/h7-8,11H,1-6H2. The number of carbonyl (C=O) groups is 1. The lowest BCUT2D eigenvalue weighted by Gasteiger charge is -2.22. The maximum atomic E-state index is 10.8. The second-order valence-electron chi connectivity index (χ2n) is 3.90. The molecular formula is C11H15BrN2O3. The van der Waals surface area contributed by atoms with Gasteiger partial charge in [-0.15, -0.1) is 0 Å². The molecule has 0 saturated carbocycles. The van der Waals surface area contributed by atoms with Crippen molar-refractivity contribution in [2.24, 2.45) is 0 Å². The number of carbonyl (C=O) groups excluding carboxylic acids is 1. The van der Waals surface area contributed by atoms with Crippen LogP contribution in [0.4, 0.5) is 0 Å². The first-order valence-electron chi connectivity index (χ1n) is 5.71. The number of rotatable bonds is 5. The molecule has 94 valence electrons. The molecule has 0 bridgehead atoms. The Morgan fingerprint density at radius 1 is 1.65 bits per heavy atom. The molecule has 0 spiro atoms. The third-order valence-electron chi connectivity index (χ3n) is 2.65. The zero-order valence-electron chi connectivity index (χ0n) is 9.47. The zero-order chi connectivity index (χ0) is 12.1. The molecule has 2 rings (SSSR count). The highest BCUT2D eigenvalue weighted by Gasteiger charge is 2.14. The van der Waals surface area contributed by atoms with E-state index in [2.05, 4.69) is 21.0 Å². The summed E-state index contributed by atoms with van der Waals surface area (Å²) < 4.78 is 13.3. The van der Waals surface area contributed by atoms with E-state index in [1.165, 1.54) is 0 Å². The quantitative estimate of drug-likeness (QED) is 0.781. The monoisotopic (exact) mass is 302 g/mol. The number of hydrogen-bond acceptors (Lipinski definition) is 4. The third-order valence-corrected chi connectivity index (χ3v) is 3.03. The Bertz CT molecular complexity index is 375. The average molecular weight is 303 g/mol. The van der Waals surface area contributed by atoms with Gasteiger partial charge in [0, 0.05) is 12.7 Å². The van der Waals surface area contributed by atoms with Crippen LogP contribution in [0.15, 0.2) is 10.7 Å². The van der Waals surface area contributed by atoms with E-state index in [4.69, 9.17) is 9.47 Å². The lowest BCUT2D eigenvalue weighted by Crippen LogP contribution is -2.24. The van der Waals surface area contributed by atoms with E-state index in [9.17, 15) is 4.79 Å². The summed E-state index contributed by atoms with van der Waals surface area (Å²) in [7, 11) is 0. The number of hydrogen-bond donors (Lipinski definition) is 0. The number of aldehydes is 1. The predicted octanol–water partition coefficient (Wildman–Crippen LogP) is 2.00. The van der Waals surface area contributed by atoms with Crippen LogP contribution in [0.3, 0.4) is 0 Å². The van der Waals surface area contributed by atoms with Gasteiger partial charge in [0.15, 0.2) is 12.6 Å². The zero-order valence-corrected chi connectivity index (χ0v) is 11.1. The third kappa shape index (κ3) is 3.62. The van der Waals surface area contributed by atoms with Crippen LogP contribution in [0.2, 0.25) is 0 Å². The summed E-state index contributed by atoms with van der Waals surface area (Å²) in [4.78, 5) is 10.8. The Labute approximate surface area is 108 Å². The fraction of sp³-hybridized carbons (Fsp3) is 0.636. The molecule has 1 aromatic heterocycles. The molecule has 0 amide bonds. The van der Waals surface area contributed by atoms with E-state index >= 15 is 0 Å². The van der Waals surface area contributed by atoms with Crippen molar-refractivity contribution in [3.8, 4) is 0 Å². The first-order chi connectivity index (χ1) is 8.29. The molecule has 1 saturated heterocycles. The topological polar surface area (TPSA) is 53.4 Å². The van der Waals surface area contributed by atoms with E-state index < -0.39 is 0 Å². The molecule has 1 unspecified atom stereocenters. The smallest absolute Gasteiger partial charge is 0.168 e. The highest BCUT2D eigenvalue weighted by molar-refractivity contribution is 9.10. The van der Waals surface area contributed by atoms with Gasteiger partial charge in [0.25, 0.3) is 0 Å². The van der Waals surface area contributed by atoms with Gasteiger partial charge in [-0.3, -0.25) is 9.48 Å². The maximum Gasteiger partial charge on any atom is 0.168 e. The van der Waals surface area contributed by atoms with Crippen LogP contribution in [0.5, 0.6) is 0 Å². The highest BCUT2D eigenvalue weighted by atomic mass is 79.9. The molecule has 0 N–H and O–H groups in total. The van der Waals surface area contributed by atoms with Crippen molar-refractivity contribution in [1.82, 2.24) is 9.78 Å². The van der Waals surface area contributed by atoms with Crippen LogP contribution in [-0.2, 0) is 16.0 Å². The van der Waals surface area contributed by atoms with Crippen LogP contribution in [0.25, 0.3) is 0 Å². The largest absolute Gasteiger partial charge is 0.353 e. The lowest BCUT2D eigenvalue weighted by molar-refractivity contribution is -0.163. The second kappa shape index (κ2) is 6.28. The van der Waals surface area contributed by atoms with Crippen molar-refractivity contribution < 1.29 is 14.3 Å². The summed E-state index contributed by atoms with van der Waals surface area (Å²) in [6.45, 7) is 1.83. The summed E-state index contributed by atoms with van der Waals surface area (Å²) in [6, 6.07) is 1.68. The lowest BCUT2D eigenvalue weighted by atomic mass is 10.2. The van der Waals surface area contributed by atoms with Crippen molar-refractivity contribution in [3.63, 3.8) is 0 Å². The first-order valence-corrected chi connectivity index (χ1v) is 6.50. The molecule has 0 aliphatic carbocycles. The summed E-state index contributed by atoms with van der Waals surface area (Å²) in [5.74, 6) is 0. The minimum Gasteiger partial charge on any atom is -0.353 e. The van der Waals surface area contributed by atoms with Crippen LogP contribution < -0.4 is 0 Å². The maximum absolute atomic E-state index is 10.8. The molecule has 1 fully saturated rings. The van der Waals surface area contributed by atoms with Crippen molar-refractivity contribution in [1.29, 1.82) is 0 Å². The number of nitrogens with zero attached hydrogens (tertiary/aromatic N) is 2. The Hall–Kier alpha value is -0.720. The van der Waals surface area contributed by atoms with Gasteiger partial charge in [-0.2, -0.15) is 5.10 Å². The van der Waals surface area contributed by atoms with Crippen LogP contribution >= 0.6 is 15.9 Å². The Morgan fingerprint density at radius 3 is 3.24 bits per heavy atom. The summed E-state index contributed by atoms with van der Waals surface area (Å²) in [5.41, 5.74) is 0.546. The van der Waals surface area contributed by atoms with Crippen molar-refractivity contribution in [2.45, 2.75) is 32.1 Å². The highest BCUT2D eigenvalue weighted by Crippen LogP contribution is 2.14. The van der Waals surface area contributed by atoms with Gasteiger partial charge in [0.2, 0.25) is 0 Å². The minimum absolute atomic E-state index is 0.0950. The summed E-state index contributed by atoms with van der Waals surface area (Å²) in [5, 5.41) is 4.15. The number of aromatic nitrogens is 2. The fourth-order valence-corrected chi connectivity index (χ4v) is 2.21. The van der Waals surface area contributed by atoms with Crippen molar-refractivity contribution >= 4 is 22.2 Å². The van der Waals surface area contributed by atoms with Gasteiger partial charge in [-0.05, 0) is 35.2 Å². The van der Waals surface area contributed by atoms with Crippen LogP contribution in [-0.4, -0.2) is 35.6 Å². The van der Waals surface area contributed by atoms with E-state index in [0.29, 0.717) is 23.4 Å². The molecule has 1 atom stereocenters. The molecule has 1 aliphatic rings. The number of halogens is 1. The average Bonchev–Trinajstić information content (AvgIpc) is 2.71. The van der Waals surface area contributed by atoms with Gasteiger partial charge in [-0.25, -0.2) is 0 Å². The first kappa shape index (κ1) is 12.7. The van der Waals surface area contributed by atoms with Gasteiger partial charge < -0.3 is 9.47 Å². The van der Waals surface area contributed by atoms with Gasteiger partial charge in [0.05, 0.1) is 13.2 Å². The van der Waals surface area contributed by atoms with E-state index in [0.717, 1.165) is 32.2 Å². The van der Waals surface area contributed by atoms with Crippen LogP contribution in [0, 0.1) is 0 Å². The Morgan fingerprint density at radius 2 is 2.53 bits per heavy atom. The van der Waals surface area contributed by atoms with Gasteiger partial charge in [-0.1, -0.05) is 0 Å². The van der Waals surface area contributed by atoms with Crippen molar-refractivity contribution in [2.75, 3.05) is 13.2 Å². The molecule has 0 aromatic carbocycles. The fourth-order valence-electron chi connectivity index (χ4n) is 1.79. The molecule has 1 aromatic rings. The predicted molar refractivity (Wildman–Crippen MR) is 64.9 cm³/mol. The summed E-state index contributed by atoms with van der Waals surface area (Å²) >= 11 is 3.24. The van der Waals surface area contributed by atoms with Crippen LogP contribution in [0.1, 0.15) is 29.8 Å². The molecule has 2 heterocycles. The molecule has 0 radical (unpaired) electrons. The van der Waals surface area contributed by atoms with E-state index in [-0.39, 0.29) is 6.29 Å². The molecule has 6 heteroatoms. The molecular weight excluding hydrogens is 288 g/mol. The van der Waals surface area contributed by atoms with Gasteiger partial charge >= 0.3 is 0 Å². The molecule has 5 nitrogen and oxygen atoms in total. The van der Waals surface area contributed by atoms with Crippen molar-refractivity contribution in [3.05, 3.63) is 16.4 Å². The number of ether oxygens (including phenoxy) is 2. The minimum atomic E-state index is -0.0950. The molecule has 17 heavy (non-hydrogen) atoms. The SMILES string of the molecule is O=Cc1cc(Br)nn1CCOC1CCCCO1. The van der Waals surface area contributed by atoms with Gasteiger partial charge in [0.1, 0.15) is 10.3 Å². The van der Waals surface area contributed by atoms with E-state index in [1.807, 2.05) is 0 Å². The normalized spacial score (nSPS) is 20.4. The molecule has 1 aliphatic heterocycles. The Kier molecular flexibility index (Phi) is 4.70. The Balaban J connectivity index is 1.78. The summed E-state index contributed by atoms with van der Waals surface area (Å²) in [6.07, 6.45) is 3.90.